The smallest absolute Gasteiger partial charge is 0.387 e. The fourth-order valence-corrected chi connectivity index (χ4v) is 0.695. The predicted molar refractivity (Wildman–Crippen MR) is 35.6 cm³/mol. The lowest BCUT2D eigenvalue weighted by atomic mass is 10.3. The second-order valence-electron chi connectivity index (χ2n) is 2.08. The van der Waals surface area contributed by atoms with Crippen LogP contribution < -0.4 is 4.74 Å². The number of ether oxygens (including phenoxy) is 1. The van der Waals surface area contributed by atoms with Crippen LogP contribution in [-0.2, 0) is 0 Å². The lowest BCUT2D eigenvalue weighted by Gasteiger charge is -2.02. The molecule has 4 heteroatoms. The summed E-state index contributed by atoms with van der Waals surface area (Å²) >= 11 is 0. The summed E-state index contributed by atoms with van der Waals surface area (Å²) in [5.41, 5.74) is 0.795. The summed E-state index contributed by atoms with van der Waals surface area (Å²) in [7, 11) is 0. The van der Waals surface area contributed by atoms with Gasteiger partial charge in [0.05, 0.1) is 6.20 Å². The van der Waals surface area contributed by atoms with E-state index in [1.165, 1.54) is 12.3 Å². The van der Waals surface area contributed by atoms with E-state index >= 15 is 0 Å². The highest BCUT2D eigenvalue weighted by Crippen LogP contribution is 2.12. The van der Waals surface area contributed by atoms with Crippen LogP contribution in [0.3, 0.4) is 0 Å². The molecule has 0 aliphatic rings. The first kappa shape index (κ1) is 7.91. The number of halogens is 2. The highest BCUT2D eigenvalue weighted by molar-refractivity contribution is 5.22. The Labute approximate surface area is 62.8 Å². The van der Waals surface area contributed by atoms with Gasteiger partial charge in [0.25, 0.3) is 0 Å². The molecule has 0 saturated carbocycles. The Hall–Kier alpha value is -1.19. The molecule has 0 aliphatic heterocycles. The fourth-order valence-electron chi connectivity index (χ4n) is 0.695. The second kappa shape index (κ2) is 3.27. The van der Waals surface area contributed by atoms with Crippen LogP contribution in [0.1, 0.15) is 5.56 Å². The lowest BCUT2D eigenvalue weighted by Crippen LogP contribution is -2.02. The molecule has 1 rings (SSSR count). The maximum Gasteiger partial charge on any atom is 0.387 e. The van der Waals surface area contributed by atoms with Gasteiger partial charge < -0.3 is 4.74 Å². The second-order valence-corrected chi connectivity index (χ2v) is 2.08. The molecule has 60 valence electrons. The van der Waals surface area contributed by atoms with Crippen molar-refractivity contribution < 1.29 is 13.5 Å². The molecule has 0 bridgehead atoms. The van der Waals surface area contributed by atoms with Crippen LogP contribution in [0.25, 0.3) is 0 Å². The molecule has 0 radical (unpaired) electrons. The van der Waals surface area contributed by atoms with Crippen LogP contribution in [0.2, 0.25) is 0 Å². The molecule has 0 aliphatic carbocycles. The molecule has 0 spiro atoms. The van der Waals surface area contributed by atoms with Crippen molar-refractivity contribution in [1.29, 1.82) is 0 Å². The topological polar surface area (TPSA) is 22.1 Å². The van der Waals surface area contributed by atoms with E-state index in [9.17, 15) is 8.78 Å². The van der Waals surface area contributed by atoms with E-state index < -0.39 is 6.61 Å². The molecule has 1 aromatic heterocycles. The van der Waals surface area contributed by atoms with Gasteiger partial charge in [0, 0.05) is 6.20 Å². The van der Waals surface area contributed by atoms with Gasteiger partial charge in [-0.2, -0.15) is 8.78 Å². The molecule has 1 aromatic rings. The number of hydrogen-bond donors (Lipinski definition) is 0. The SMILES string of the molecule is Cc1cncc(OC(F)F)c1. The third-order valence-corrected chi connectivity index (χ3v) is 1.08. The summed E-state index contributed by atoms with van der Waals surface area (Å²) < 4.78 is 27.3. The zero-order valence-corrected chi connectivity index (χ0v) is 5.92. The summed E-state index contributed by atoms with van der Waals surface area (Å²) in [4.78, 5) is 3.68. The van der Waals surface area contributed by atoms with Gasteiger partial charge in [-0.25, -0.2) is 0 Å². The Bertz CT molecular complexity index is 240. The van der Waals surface area contributed by atoms with E-state index in [-0.39, 0.29) is 5.75 Å². The van der Waals surface area contributed by atoms with Gasteiger partial charge in [0.15, 0.2) is 0 Å². The largest absolute Gasteiger partial charge is 0.433 e. The molecular weight excluding hydrogens is 152 g/mol. The van der Waals surface area contributed by atoms with E-state index in [2.05, 4.69) is 9.72 Å². The van der Waals surface area contributed by atoms with E-state index in [1.54, 1.807) is 13.1 Å². The van der Waals surface area contributed by atoms with Gasteiger partial charge in [0.2, 0.25) is 0 Å². The number of aromatic nitrogens is 1. The van der Waals surface area contributed by atoms with Crippen LogP contribution in [0.15, 0.2) is 18.5 Å². The maximum atomic E-state index is 11.6. The van der Waals surface area contributed by atoms with E-state index in [0.717, 1.165) is 5.56 Å². The molecule has 0 unspecified atom stereocenters. The Balaban J connectivity index is 2.71. The van der Waals surface area contributed by atoms with Crippen molar-refractivity contribution in [2.45, 2.75) is 13.5 Å². The summed E-state index contributed by atoms with van der Waals surface area (Å²) in [5, 5.41) is 0. The van der Waals surface area contributed by atoms with Crippen molar-refractivity contribution in [3.63, 3.8) is 0 Å². The van der Waals surface area contributed by atoms with Crippen LogP contribution in [0.5, 0.6) is 5.75 Å². The van der Waals surface area contributed by atoms with Crippen molar-refractivity contribution >= 4 is 0 Å². The van der Waals surface area contributed by atoms with E-state index in [0.29, 0.717) is 0 Å². The Morgan fingerprint density at radius 2 is 2.18 bits per heavy atom. The number of rotatable bonds is 2. The molecule has 11 heavy (non-hydrogen) atoms. The van der Waals surface area contributed by atoms with Crippen molar-refractivity contribution in [2.75, 3.05) is 0 Å². The minimum absolute atomic E-state index is 0.0972. The third kappa shape index (κ3) is 2.49. The molecular formula is C7H7F2NO. The van der Waals surface area contributed by atoms with Crippen LogP contribution in [0.4, 0.5) is 8.78 Å². The van der Waals surface area contributed by atoms with Crippen molar-refractivity contribution in [3.05, 3.63) is 24.0 Å². The monoisotopic (exact) mass is 159 g/mol. The summed E-state index contributed by atoms with van der Waals surface area (Å²) in [6.45, 7) is -1.02. The Morgan fingerprint density at radius 1 is 1.45 bits per heavy atom. The average Bonchev–Trinajstić information content (AvgIpc) is 1.85. The number of hydrogen-bond acceptors (Lipinski definition) is 2. The summed E-state index contributed by atoms with van der Waals surface area (Å²) in [6, 6.07) is 1.50. The quantitative estimate of drug-likeness (QED) is 0.658. The van der Waals surface area contributed by atoms with Gasteiger partial charge in [-0.05, 0) is 18.6 Å². The third-order valence-electron chi connectivity index (χ3n) is 1.08. The fraction of sp³-hybridized carbons (Fsp3) is 0.286. The van der Waals surface area contributed by atoms with Crippen LogP contribution in [0, 0.1) is 6.92 Å². The highest BCUT2D eigenvalue weighted by Gasteiger charge is 2.03. The van der Waals surface area contributed by atoms with Gasteiger partial charge in [-0.3, -0.25) is 4.98 Å². The first-order valence-electron chi connectivity index (χ1n) is 3.05. The molecule has 0 amide bonds. The van der Waals surface area contributed by atoms with E-state index in [4.69, 9.17) is 0 Å². The first-order valence-corrected chi connectivity index (χ1v) is 3.05. The predicted octanol–water partition coefficient (Wildman–Crippen LogP) is 1.99. The van der Waals surface area contributed by atoms with Crippen LogP contribution in [-0.4, -0.2) is 11.6 Å². The Kier molecular flexibility index (Phi) is 2.36. The molecule has 0 saturated heterocycles. The number of aryl methyl sites for hydroxylation is 1. The van der Waals surface area contributed by atoms with Crippen LogP contribution >= 0.6 is 0 Å². The molecule has 0 aromatic carbocycles. The highest BCUT2D eigenvalue weighted by atomic mass is 19.3. The summed E-state index contributed by atoms with van der Waals surface area (Å²) in [5.74, 6) is 0.0972. The standard InChI is InChI=1S/C7H7F2NO/c1-5-2-6(4-10-3-5)11-7(8)9/h2-4,7H,1H3. The number of nitrogens with zero attached hydrogens (tertiary/aromatic N) is 1. The Morgan fingerprint density at radius 3 is 2.73 bits per heavy atom. The molecule has 0 fully saturated rings. The average molecular weight is 159 g/mol. The molecule has 2 nitrogen and oxygen atoms in total. The van der Waals surface area contributed by atoms with E-state index in [1.807, 2.05) is 0 Å². The molecule has 1 heterocycles. The van der Waals surface area contributed by atoms with Crippen molar-refractivity contribution in [1.82, 2.24) is 4.98 Å². The maximum absolute atomic E-state index is 11.6. The van der Waals surface area contributed by atoms with Gasteiger partial charge >= 0.3 is 6.61 Å². The number of pyridine rings is 1. The van der Waals surface area contributed by atoms with Gasteiger partial charge in [-0.1, -0.05) is 0 Å². The normalized spacial score (nSPS) is 10.2. The minimum atomic E-state index is -2.78. The minimum Gasteiger partial charge on any atom is -0.433 e. The van der Waals surface area contributed by atoms with Gasteiger partial charge in [0.1, 0.15) is 5.75 Å². The zero-order chi connectivity index (χ0) is 8.27. The molecule has 0 atom stereocenters. The zero-order valence-electron chi connectivity index (χ0n) is 5.92. The summed E-state index contributed by atoms with van der Waals surface area (Å²) in [6.07, 6.45) is 2.82. The van der Waals surface area contributed by atoms with Crippen molar-refractivity contribution in [3.8, 4) is 5.75 Å². The number of alkyl halides is 2. The molecule has 0 N–H and O–H groups in total. The van der Waals surface area contributed by atoms with Gasteiger partial charge in [-0.15, -0.1) is 0 Å². The van der Waals surface area contributed by atoms with Crippen molar-refractivity contribution in [2.24, 2.45) is 0 Å². The lowest BCUT2D eigenvalue weighted by molar-refractivity contribution is -0.0500. The first-order chi connectivity index (χ1) is 5.18.